The molecule has 22 heteroatoms. The zero-order valence-electron chi connectivity index (χ0n) is 31.1. The van der Waals surface area contributed by atoms with E-state index in [0.717, 1.165) is 22.7 Å². The highest BCUT2D eigenvalue weighted by atomic mass is 35.5. The Kier molecular flexibility index (Phi) is 17.1. The average Bonchev–Trinajstić information content (AvgIpc) is 3.83. The Morgan fingerprint density at radius 2 is 1.15 bits per heavy atom. The van der Waals surface area contributed by atoms with Gasteiger partial charge in [-0.2, -0.15) is 0 Å². The first-order valence-electron chi connectivity index (χ1n) is 15.2. The normalized spacial score (nSPS) is 10.5. The SMILES string of the molecule is CC(C)(C)OC(=O)Nc1nc(C(=O)O)cs1.COC(=O)c1cc(N)cn1C.COC(=O)c1cc(NC(=O)c2csc(NC(=O)OC(C)(C)C)n2)cn1C.Cl. The summed E-state index contributed by atoms with van der Waals surface area (Å²) in [4.78, 5) is 76.1. The maximum Gasteiger partial charge on any atom is 0.413 e. The monoisotopic (exact) mass is 814 g/mol. The minimum atomic E-state index is -1.13. The first-order valence-corrected chi connectivity index (χ1v) is 17.0. The van der Waals surface area contributed by atoms with Gasteiger partial charge in [0.2, 0.25) is 0 Å². The number of nitrogens with two attached hydrogens (primary N) is 1. The molecular formula is C32H43ClN8O11S2. The third-order valence-electron chi connectivity index (χ3n) is 5.75. The quantitative estimate of drug-likeness (QED) is 0.108. The first kappa shape index (κ1) is 46.4. The minimum absolute atomic E-state index is 0. The molecule has 0 fully saturated rings. The van der Waals surface area contributed by atoms with Crippen molar-refractivity contribution >= 4 is 92.7 Å². The molecule has 0 saturated heterocycles. The van der Waals surface area contributed by atoms with E-state index in [1.165, 1.54) is 35.6 Å². The van der Waals surface area contributed by atoms with E-state index < -0.39 is 41.2 Å². The van der Waals surface area contributed by atoms with Crippen LogP contribution in [0.2, 0.25) is 0 Å². The van der Waals surface area contributed by atoms with E-state index in [2.05, 4.69) is 35.4 Å². The van der Waals surface area contributed by atoms with Crippen molar-refractivity contribution in [3.63, 3.8) is 0 Å². The molecule has 0 unspecified atom stereocenters. The van der Waals surface area contributed by atoms with Crippen molar-refractivity contribution < 1.29 is 52.8 Å². The van der Waals surface area contributed by atoms with E-state index in [0.29, 0.717) is 22.8 Å². The fourth-order valence-corrected chi connectivity index (χ4v) is 5.03. The molecule has 0 aliphatic heterocycles. The Labute approximate surface area is 324 Å². The molecule has 6 N–H and O–H groups in total. The van der Waals surface area contributed by atoms with Gasteiger partial charge in [-0.3, -0.25) is 15.4 Å². The molecule has 3 amide bonds. The molecule has 4 aromatic heterocycles. The van der Waals surface area contributed by atoms with Crippen LogP contribution < -0.4 is 21.7 Å². The number of aryl methyl sites for hydroxylation is 2. The summed E-state index contributed by atoms with van der Waals surface area (Å²) in [6, 6.07) is 3.07. The van der Waals surface area contributed by atoms with Crippen LogP contribution in [0.3, 0.4) is 0 Å². The summed E-state index contributed by atoms with van der Waals surface area (Å²) in [5, 5.41) is 19.4. The molecule has 296 valence electrons. The number of anilines is 4. The smallest absolute Gasteiger partial charge is 0.413 e. The van der Waals surface area contributed by atoms with Crippen LogP contribution in [0.1, 0.15) is 83.5 Å². The number of hydrogen-bond donors (Lipinski definition) is 5. The number of hydrogen-bond acceptors (Lipinski definition) is 15. The lowest BCUT2D eigenvalue weighted by Gasteiger charge is -2.18. The summed E-state index contributed by atoms with van der Waals surface area (Å²) in [5.74, 6) is -2.48. The van der Waals surface area contributed by atoms with Crippen molar-refractivity contribution in [3.8, 4) is 0 Å². The van der Waals surface area contributed by atoms with Crippen LogP contribution >= 0.6 is 35.1 Å². The van der Waals surface area contributed by atoms with Crippen molar-refractivity contribution in [2.45, 2.75) is 52.7 Å². The number of rotatable bonds is 7. The average molecular weight is 815 g/mol. The van der Waals surface area contributed by atoms with Crippen LogP contribution in [0.5, 0.6) is 0 Å². The van der Waals surface area contributed by atoms with Crippen LogP contribution in [-0.2, 0) is 33.0 Å². The zero-order valence-corrected chi connectivity index (χ0v) is 33.5. The first-order chi connectivity index (χ1) is 24.5. The number of carbonyl (C=O) groups is 6. The summed E-state index contributed by atoms with van der Waals surface area (Å²) >= 11 is 2.12. The predicted molar refractivity (Wildman–Crippen MR) is 204 cm³/mol. The molecule has 0 atom stereocenters. The number of nitrogen functional groups attached to an aromatic ring is 1. The molecule has 4 aromatic rings. The molecule has 19 nitrogen and oxygen atoms in total. The minimum Gasteiger partial charge on any atom is -0.476 e. The third-order valence-corrected chi connectivity index (χ3v) is 7.27. The lowest BCUT2D eigenvalue weighted by atomic mass is 10.2. The number of aromatic nitrogens is 4. The maximum absolute atomic E-state index is 12.3. The summed E-state index contributed by atoms with van der Waals surface area (Å²) in [6.45, 7) is 10.4. The maximum atomic E-state index is 12.3. The number of carboxylic acid groups (broad SMARTS) is 1. The van der Waals surface area contributed by atoms with Crippen LogP contribution in [0.25, 0.3) is 0 Å². The van der Waals surface area contributed by atoms with Crippen molar-refractivity contribution in [1.29, 1.82) is 0 Å². The number of amides is 3. The molecule has 0 spiro atoms. The molecule has 0 aliphatic carbocycles. The zero-order chi connectivity index (χ0) is 40.3. The Balaban J connectivity index is 0.000000443. The van der Waals surface area contributed by atoms with E-state index in [-0.39, 0.29) is 40.0 Å². The van der Waals surface area contributed by atoms with E-state index >= 15 is 0 Å². The van der Waals surface area contributed by atoms with Gasteiger partial charge in [0.05, 0.1) is 25.6 Å². The second-order valence-corrected chi connectivity index (χ2v) is 14.3. The highest BCUT2D eigenvalue weighted by Crippen LogP contribution is 2.20. The topological polar surface area (TPSA) is 257 Å². The van der Waals surface area contributed by atoms with Crippen LogP contribution in [0.15, 0.2) is 35.3 Å². The molecule has 0 bridgehead atoms. The number of carboxylic acids is 1. The fourth-order valence-electron chi connectivity index (χ4n) is 3.68. The number of halogens is 1. The van der Waals surface area contributed by atoms with Gasteiger partial charge in [-0.25, -0.2) is 33.9 Å². The number of nitrogens with zero attached hydrogens (tertiary/aromatic N) is 4. The van der Waals surface area contributed by atoms with E-state index in [1.807, 2.05) is 0 Å². The number of esters is 2. The molecule has 0 aromatic carbocycles. The summed E-state index contributed by atoms with van der Waals surface area (Å²) in [6.07, 6.45) is 1.94. The van der Waals surface area contributed by atoms with Crippen molar-refractivity contribution in [2.75, 3.05) is 35.9 Å². The molecule has 54 heavy (non-hydrogen) atoms. The van der Waals surface area contributed by atoms with E-state index in [4.69, 9.17) is 20.3 Å². The van der Waals surface area contributed by atoms with Crippen molar-refractivity contribution in [2.24, 2.45) is 14.1 Å². The number of aromatic carboxylic acids is 1. The van der Waals surface area contributed by atoms with E-state index in [1.54, 1.807) is 78.7 Å². The van der Waals surface area contributed by atoms with Crippen LogP contribution in [-0.4, -0.2) is 85.6 Å². The third kappa shape index (κ3) is 15.5. The molecule has 4 rings (SSSR count). The lowest BCUT2D eigenvalue weighted by molar-refractivity contribution is 0.0581. The largest absolute Gasteiger partial charge is 0.476 e. The second kappa shape index (κ2) is 20.0. The summed E-state index contributed by atoms with van der Waals surface area (Å²) < 4.78 is 22.4. The highest BCUT2D eigenvalue weighted by molar-refractivity contribution is 7.14. The van der Waals surface area contributed by atoms with Gasteiger partial charge in [-0.05, 0) is 53.7 Å². The number of nitrogens with one attached hydrogen (secondary N) is 3. The van der Waals surface area contributed by atoms with Gasteiger partial charge >= 0.3 is 30.1 Å². The number of thiazole rings is 2. The van der Waals surface area contributed by atoms with Gasteiger partial charge in [0, 0.05) is 37.2 Å². The van der Waals surface area contributed by atoms with Gasteiger partial charge in [0.25, 0.3) is 5.91 Å². The molecular weight excluding hydrogens is 772 g/mol. The molecule has 4 heterocycles. The Hall–Kier alpha value is -5.67. The van der Waals surface area contributed by atoms with Gasteiger partial charge in [0.1, 0.15) is 28.3 Å². The van der Waals surface area contributed by atoms with Gasteiger partial charge in [0.15, 0.2) is 16.0 Å². The Bertz CT molecular complexity index is 1940. The molecule has 0 saturated carbocycles. The van der Waals surface area contributed by atoms with Crippen LogP contribution in [0, 0.1) is 0 Å². The molecule has 0 aliphatic rings. The van der Waals surface area contributed by atoms with Crippen molar-refractivity contribution in [1.82, 2.24) is 19.1 Å². The highest BCUT2D eigenvalue weighted by Gasteiger charge is 2.20. The van der Waals surface area contributed by atoms with Crippen LogP contribution in [0.4, 0.5) is 31.2 Å². The number of ether oxygens (including phenoxy) is 4. The van der Waals surface area contributed by atoms with Gasteiger partial charge < -0.3 is 44.2 Å². The number of carbonyl (C=O) groups excluding carboxylic acids is 5. The Morgan fingerprint density at radius 1 is 0.722 bits per heavy atom. The van der Waals surface area contributed by atoms with Gasteiger partial charge in [-0.1, -0.05) is 0 Å². The van der Waals surface area contributed by atoms with E-state index in [9.17, 15) is 28.8 Å². The number of methoxy groups -OCH3 is 2. The summed E-state index contributed by atoms with van der Waals surface area (Å²) in [7, 11) is 6.02. The second-order valence-electron chi connectivity index (χ2n) is 12.6. The lowest BCUT2D eigenvalue weighted by Crippen LogP contribution is -2.27. The standard InChI is InChI=1S/C16H20N4O5S.C9H12N2O4S.C7H10N2O2.ClH/c1-16(2,3)25-15(23)19-14-18-10(8-26-14)12(21)17-9-6-11(13(22)24-5)20(4)7-9;1-9(2,3)15-8(14)11-7-10-5(4-16-7)6(12)13;1-9-4-5(8)3-6(9)7(10)11-2;/h6-8H,1-5H3,(H,17,21)(H,18,19,23);4H,1-3H3,(H,12,13)(H,10,11,14);3-4H,8H2,1-2H3;1H. The van der Waals surface area contributed by atoms with Gasteiger partial charge in [-0.15, -0.1) is 35.1 Å². The molecule has 0 radical (unpaired) electrons. The predicted octanol–water partition coefficient (Wildman–Crippen LogP) is 5.87. The fraction of sp³-hybridized carbons (Fsp3) is 0.375. The Morgan fingerprint density at radius 3 is 1.54 bits per heavy atom. The summed E-state index contributed by atoms with van der Waals surface area (Å²) in [5.41, 5.74) is 5.99. The van der Waals surface area contributed by atoms with Crippen molar-refractivity contribution in [3.05, 3.63) is 58.1 Å².